The van der Waals surface area contributed by atoms with Gasteiger partial charge in [0.05, 0.1) is 10.0 Å². The van der Waals surface area contributed by atoms with E-state index in [2.05, 4.69) is 11.8 Å². The Kier molecular flexibility index (Phi) is 4.62. The Morgan fingerprint density at radius 3 is 2.35 bits per heavy atom. The molecule has 1 aliphatic carbocycles. The number of benzene rings is 1. The molecule has 1 aromatic rings. The van der Waals surface area contributed by atoms with Crippen LogP contribution in [0.1, 0.15) is 18.4 Å². The molecule has 1 aromatic carbocycles. The minimum atomic E-state index is -3.70. The van der Waals surface area contributed by atoms with Crippen molar-refractivity contribution in [2.75, 3.05) is 13.7 Å². The zero-order valence-electron chi connectivity index (χ0n) is 10.7. The lowest BCUT2D eigenvalue weighted by atomic mass is 10.2. The van der Waals surface area contributed by atoms with Gasteiger partial charge in [0.25, 0.3) is 0 Å². The third kappa shape index (κ3) is 3.11. The predicted molar refractivity (Wildman–Crippen MR) is 78.4 cm³/mol. The normalized spacial score (nSPS) is 15.1. The Labute approximate surface area is 128 Å². The summed E-state index contributed by atoms with van der Waals surface area (Å²) in [5.74, 6) is 5.10. The Hall–Kier alpha value is -0.770. The predicted octanol–water partition coefficient (Wildman–Crippen LogP) is 2.12. The van der Waals surface area contributed by atoms with Crippen LogP contribution in [0.4, 0.5) is 0 Å². The minimum Gasteiger partial charge on any atom is -0.384 e. The SMILES string of the molecule is CN(C1CC1)S(=O)(=O)c1c(Cl)cc(C#CCO)cc1Cl. The smallest absolute Gasteiger partial charge is 0.246 e. The maximum absolute atomic E-state index is 12.5. The van der Waals surface area contributed by atoms with E-state index < -0.39 is 10.0 Å². The molecule has 0 aromatic heterocycles. The van der Waals surface area contributed by atoms with E-state index in [1.54, 1.807) is 0 Å². The molecule has 0 bridgehead atoms. The van der Waals surface area contributed by atoms with Gasteiger partial charge in [0.2, 0.25) is 10.0 Å². The molecule has 7 heteroatoms. The first kappa shape index (κ1) is 15.6. The molecule has 0 spiro atoms. The van der Waals surface area contributed by atoms with E-state index in [9.17, 15) is 8.42 Å². The van der Waals surface area contributed by atoms with Crippen molar-refractivity contribution in [3.63, 3.8) is 0 Å². The lowest BCUT2D eigenvalue weighted by Crippen LogP contribution is -2.29. The van der Waals surface area contributed by atoms with Crippen LogP contribution >= 0.6 is 23.2 Å². The van der Waals surface area contributed by atoms with Crippen molar-refractivity contribution >= 4 is 33.2 Å². The van der Waals surface area contributed by atoms with E-state index >= 15 is 0 Å². The number of halogens is 2. The summed E-state index contributed by atoms with van der Waals surface area (Å²) >= 11 is 12.1. The topological polar surface area (TPSA) is 57.6 Å². The Morgan fingerprint density at radius 1 is 1.35 bits per heavy atom. The van der Waals surface area contributed by atoms with E-state index in [-0.39, 0.29) is 27.6 Å². The van der Waals surface area contributed by atoms with Gasteiger partial charge in [0.15, 0.2) is 0 Å². The molecule has 20 heavy (non-hydrogen) atoms. The number of hydrogen-bond donors (Lipinski definition) is 1. The number of rotatable bonds is 3. The van der Waals surface area contributed by atoms with Crippen LogP contribution in [0.3, 0.4) is 0 Å². The molecule has 2 rings (SSSR count). The van der Waals surface area contributed by atoms with Crippen LogP contribution in [0.5, 0.6) is 0 Å². The number of nitrogens with zero attached hydrogens (tertiary/aromatic N) is 1. The van der Waals surface area contributed by atoms with E-state index in [1.807, 2.05) is 0 Å². The molecule has 0 saturated heterocycles. The van der Waals surface area contributed by atoms with Crippen molar-refractivity contribution in [1.29, 1.82) is 0 Å². The van der Waals surface area contributed by atoms with Crippen molar-refractivity contribution in [3.05, 3.63) is 27.7 Å². The highest BCUT2D eigenvalue weighted by Crippen LogP contribution is 2.36. The summed E-state index contributed by atoms with van der Waals surface area (Å²) < 4.78 is 26.2. The second kappa shape index (κ2) is 5.92. The first-order chi connectivity index (χ1) is 9.37. The van der Waals surface area contributed by atoms with Crippen molar-refractivity contribution in [3.8, 4) is 11.8 Å². The van der Waals surface area contributed by atoms with Crippen LogP contribution < -0.4 is 0 Å². The van der Waals surface area contributed by atoms with E-state index in [0.717, 1.165) is 12.8 Å². The van der Waals surface area contributed by atoms with Crippen LogP contribution in [0.15, 0.2) is 17.0 Å². The highest BCUT2D eigenvalue weighted by Gasteiger charge is 2.37. The molecule has 0 amide bonds. The molecule has 0 unspecified atom stereocenters. The second-order valence-corrected chi connectivity index (χ2v) is 7.23. The van der Waals surface area contributed by atoms with Crippen LogP contribution in [-0.2, 0) is 10.0 Å². The van der Waals surface area contributed by atoms with Gasteiger partial charge in [-0.05, 0) is 25.0 Å². The van der Waals surface area contributed by atoms with Gasteiger partial charge >= 0.3 is 0 Å². The lowest BCUT2D eigenvalue weighted by Gasteiger charge is -2.18. The number of aliphatic hydroxyl groups excluding tert-OH is 1. The molecular weight excluding hydrogens is 321 g/mol. The summed E-state index contributed by atoms with van der Waals surface area (Å²) in [5.41, 5.74) is 0.460. The van der Waals surface area contributed by atoms with Crippen LogP contribution in [0.25, 0.3) is 0 Å². The zero-order chi connectivity index (χ0) is 14.9. The molecule has 4 nitrogen and oxygen atoms in total. The largest absolute Gasteiger partial charge is 0.384 e. The average molecular weight is 334 g/mol. The van der Waals surface area contributed by atoms with Gasteiger partial charge in [-0.2, -0.15) is 4.31 Å². The van der Waals surface area contributed by atoms with Crippen molar-refractivity contribution in [1.82, 2.24) is 4.31 Å². The highest BCUT2D eigenvalue weighted by atomic mass is 35.5. The second-order valence-electron chi connectivity index (χ2n) is 4.48. The Balaban J connectivity index is 2.47. The summed E-state index contributed by atoms with van der Waals surface area (Å²) in [6.07, 6.45) is 1.70. The first-order valence-electron chi connectivity index (χ1n) is 5.94. The molecule has 1 aliphatic rings. The van der Waals surface area contributed by atoms with Crippen LogP contribution in [0, 0.1) is 11.8 Å². The number of sulfonamides is 1. The lowest BCUT2D eigenvalue weighted by molar-refractivity contribution is 0.350. The fourth-order valence-electron chi connectivity index (χ4n) is 1.80. The third-order valence-electron chi connectivity index (χ3n) is 3.01. The molecule has 0 heterocycles. The van der Waals surface area contributed by atoms with Crippen LogP contribution in [-0.4, -0.2) is 37.5 Å². The van der Waals surface area contributed by atoms with E-state index in [1.165, 1.54) is 23.5 Å². The molecule has 0 radical (unpaired) electrons. The van der Waals surface area contributed by atoms with Crippen LogP contribution in [0.2, 0.25) is 10.0 Å². The van der Waals surface area contributed by atoms with E-state index in [0.29, 0.717) is 5.56 Å². The standard InChI is InChI=1S/C13H13Cl2NO3S/c1-16(10-4-5-10)20(18,19)13-11(14)7-9(3-2-6-17)8-12(13)15/h7-8,10,17H,4-6H2,1H3. The Bertz CT molecular complexity index is 664. The summed E-state index contributed by atoms with van der Waals surface area (Å²) in [6, 6.07) is 2.90. The van der Waals surface area contributed by atoms with Gasteiger partial charge in [0.1, 0.15) is 11.5 Å². The monoisotopic (exact) mass is 333 g/mol. The fourth-order valence-corrected chi connectivity index (χ4v) is 4.37. The van der Waals surface area contributed by atoms with Gasteiger partial charge in [-0.1, -0.05) is 35.0 Å². The Morgan fingerprint density at radius 2 is 1.90 bits per heavy atom. The van der Waals surface area contributed by atoms with Gasteiger partial charge in [-0.25, -0.2) is 8.42 Å². The number of aliphatic hydroxyl groups is 1. The minimum absolute atomic E-state index is 0.0287. The summed E-state index contributed by atoms with van der Waals surface area (Å²) in [4.78, 5) is -0.0928. The van der Waals surface area contributed by atoms with Gasteiger partial charge < -0.3 is 5.11 Å². The first-order valence-corrected chi connectivity index (χ1v) is 8.14. The molecule has 1 fully saturated rings. The van der Waals surface area contributed by atoms with Crippen molar-refractivity contribution in [2.45, 2.75) is 23.8 Å². The fraction of sp³-hybridized carbons (Fsp3) is 0.385. The van der Waals surface area contributed by atoms with Gasteiger partial charge in [-0.15, -0.1) is 0 Å². The van der Waals surface area contributed by atoms with Crippen molar-refractivity contribution < 1.29 is 13.5 Å². The summed E-state index contributed by atoms with van der Waals surface area (Å²) in [5, 5.41) is 8.72. The molecular formula is C13H13Cl2NO3S. The van der Waals surface area contributed by atoms with Crippen molar-refractivity contribution in [2.24, 2.45) is 0 Å². The third-order valence-corrected chi connectivity index (χ3v) is 5.84. The molecule has 1 saturated carbocycles. The maximum Gasteiger partial charge on any atom is 0.246 e. The quantitative estimate of drug-likeness (QED) is 0.862. The highest BCUT2D eigenvalue weighted by molar-refractivity contribution is 7.89. The maximum atomic E-state index is 12.5. The van der Waals surface area contributed by atoms with Gasteiger partial charge in [-0.3, -0.25) is 0 Å². The molecule has 108 valence electrons. The summed E-state index contributed by atoms with van der Waals surface area (Å²) in [6.45, 7) is -0.292. The van der Waals surface area contributed by atoms with Gasteiger partial charge in [0, 0.05) is 18.7 Å². The molecule has 0 aliphatic heterocycles. The average Bonchev–Trinajstić information content (AvgIpc) is 3.18. The number of hydrogen-bond acceptors (Lipinski definition) is 3. The van der Waals surface area contributed by atoms with E-state index in [4.69, 9.17) is 28.3 Å². The molecule has 0 atom stereocenters. The zero-order valence-corrected chi connectivity index (χ0v) is 13.1. The molecule has 1 N–H and O–H groups in total. The summed E-state index contributed by atoms with van der Waals surface area (Å²) in [7, 11) is -2.18.